The van der Waals surface area contributed by atoms with E-state index in [1.165, 1.54) is 17.3 Å². The van der Waals surface area contributed by atoms with E-state index in [0.29, 0.717) is 22.7 Å². The zero-order valence-corrected chi connectivity index (χ0v) is 15.1. The second-order valence-electron chi connectivity index (χ2n) is 6.25. The van der Waals surface area contributed by atoms with Crippen molar-refractivity contribution in [3.05, 3.63) is 54.5 Å². The van der Waals surface area contributed by atoms with Crippen molar-refractivity contribution in [3.63, 3.8) is 0 Å². The molecule has 1 aliphatic heterocycles. The van der Waals surface area contributed by atoms with Gasteiger partial charge in [-0.3, -0.25) is 9.78 Å². The number of hydrogen-bond donors (Lipinski definition) is 1. The average Bonchev–Trinajstić information content (AvgIpc) is 2.71. The van der Waals surface area contributed by atoms with Crippen molar-refractivity contribution in [2.24, 2.45) is 0 Å². The summed E-state index contributed by atoms with van der Waals surface area (Å²) in [5, 5.41) is 2.85. The number of ether oxygens (including phenoxy) is 1. The quantitative estimate of drug-likeness (QED) is 0.722. The lowest BCUT2D eigenvalue weighted by atomic mass is 10.2. The molecule has 3 aromatic rings. The number of alkyl halides is 3. The molecule has 0 radical (unpaired) electrons. The van der Waals surface area contributed by atoms with Crippen LogP contribution in [0.4, 0.5) is 30.4 Å². The van der Waals surface area contributed by atoms with E-state index in [1.54, 1.807) is 37.4 Å². The molecule has 10 heteroatoms. The first-order valence-electron chi connectivity index (χ1n) is 8.48. The van der Waals surface area contributed by atoms with E-state index in [2.05, 4.69) is 20.3 Å². The van der Waals surface area contributed by atoms with Crippen LogP contribution in [0.2, 0.25) is 0 Å². The van der Waals surface area contributed by atoms with Gasteiger partial charge < -0.3 is 15.0 Å². The summed E-state index contributed by atoms with van der Waals surface area (Å²) in [5.41, 5.74) is 0.218. The van der Waals surface area contributed by atoms with Crippen LogP contribution < -0.4 is 15.0 Å². The Bertz CT molecular complexity index is 1070. The van der Waals surface area contributed by atoms with Crippen molar-refractivity contribution in [1.29, 1.82) is 0 Å². The monoisotopic (exact) mass is 401 g/mol. The fourth-order valence-corrected chi connectivity index (χ4v) is 2.78. The third-order valence-electron chi connectivity index (χ3n) is 4.25. The van der Waals surface area contributed by atoms with Crippen molar-refractivity contribution >= 4 is 23.1 Å². The normalized spacial score (nSPS) is 13.7. The third-order valence-corrected chi connectivity index (χ3v) is 4.25. The fourth-order valence-electron chi connectivity index (χ4n) is 2.78. The standard InChI is InChI=1S/C19H14F3N5O2/c1-27-13-7-12(4-5-14(13)29-10-17(27)28)24-16-8-15(19(20,21)22)25-18(26-16)11-3-2-6-23-9-11/h2-9H,10H2,1H3,(H,24,25,26). The summed E-state index contributed by atoms with van der Waals surface area (Å²) in [5.74, 6) is 0.128. The fraction of sp³-hybridized carbons (Fsp3) is 0.158. The predicted molar refractivity (Wildman–Crippen MR) is 98.9 cm³/mol. The maximum absolute atomic E-state index is 13.3. The van der Waals surface area contributed by atoms with Crippen molar-refractivity contribution in [3.8, 4) is 17.1 Å². The lowest BCUT2D eigenvalue weighted by Gasteiger charge is -2.26. The van der Waals surface area contributed by atoms with E-state index in [-0.39, 0.29) is 24.2 Å². The molecule has 3 heterocycles. The number of benzene rings is 1. The Morgan fingerprint density at radius 3 is 2.72 bits per heavy atom. The van der Waals surface area contributed by atoms with Gasteiger partial charge in [-0.2, -0.15) is 13.2 Å². The molecule has 0 spiro atoms. The van der Waals surface area contributed by atoms with Crippen LogP contribution in [0.15, 0.2) is 48.8 Å². The molecule has 0 bridgehead atoms. The van der Waals surface area contributed by atoms with Crippen LogP contribution in [0.3, 0.4) is 0 Å². The van der Waals surface area contributed by atoms with Gasteiger partial charge in [0.25, 0.3) is 5.91 Å². The summed E-state index contributed by atoms with van der Waals surface area (Å²) in [7, 11) is 1.60. The molecule has 148 valence electrons. The number of likely N-dealkylation sites (N-methyl/N-ethyl adjacent to an activating group) is 1. The van der Waals surface area contributed by atoms with Gasteiger partial charge in [-0.15, -0.1) is 0 Å². The Morgan fingerprint density at radius 1 is 1.17 bits per heavy atom. The average molecular weight is 401 g/mol. The van der Waals surface area contributed by atoms with Crippen LogP contribution >= 0.6 is 0 Å². The topological polar surface area (TPSA) is 80.2 Å². The summed E-state index contributed by atoms with van der Waals surface area (Å²) in [6, 6.07) is 8.84. The van der Waals surface area contributed by atoms with E-state index in [9.17, 15) is 18.0 Å². The first-order valence-corrected chi connectivity index (χ1v) is 8.48. The summed E-state index contributed by atoms with van der Waals surface area (Å²) in [6.45, 7) is -0.0639. The predicted octanol–water partition coefficient (Wildman–Crippen LogP) is 3.66. The minimum Gasteiger partial charge on any atom is -0.482 e. The highest BCUT2D eigenvalue weighted by atomic mass is 19.4. The van der Waals surface area contributed by atoms with E-state index < -0.39 is 11.9 Å². The zero-order valence-electron chi connectivity index (χ0n) is 15.1. The van der Waals surface area contributed by atoms with Gasteiger partial charge in [0, 0.05) is 36.8 Å². The summed E-state index contributed by atoms with van der Waals surface area (Å²) in [6.07, 6.45) is -1.76. The van der Waals surface area contributed by atoms with E-state index in [0.717, 1.165) is 6.07 Å². The van der Waals surface area contributed by atoms with Gasteiger partial charge in [-0.25, -0.2) is 9.97 Å². The molecule has 2 aromatic heterocycles. The number of anilines is 3. The van der Waals surface area contributed by atoms with E-state index >= 15 is 0 Å². The highest BCUT2D eigenvalue weighted by Gasteiger charge is 2.34. The van der Waals surface area contributed by atoms with Crippen molar-refractivity contribution in [2.45, 2.75) is 6.18 Å². The molecule has 0 saturated carbocycles. The van der Waals surface area contributed by atoms with Gasteiger partial charge in [0.2, 0.25) is 0 Å². The highest BCUT2D eigenvalue weighted by molar-refractivity contribution is 5.98. The van der Waals surface area contributed by atoms with Crippen molar-refractivity contribution in [1.82, 2.24) is 15.0 Å². The molecule has 0 unspecified atom stereocenters. The number of aromatic nitrogens is 3. The second kappa shape index (κ2) is 7.04. The summed E-state index contributed by atoms with van der Waals surface area (Å²) in [4.78, 5) is 24.9. The minimum atomic E-state index is -4.65. The van der Waals surface area contributed by atoms with Crippen molar-refractivity contribution < 1.29 is 22.7 Å². The Balaban J connectivity index is 1.73. The number of halogens is 3. The first-order chi connectivity index (χ1) is 13.8. The first kappa shape index (κ1) is 18.7. The molecular weight excluding hydrogens is 387 g/mol. The minimum absolute atomic E-state index is 0.0446. The molecule has 1 amide bonds. The maximum Gasteiger partial charge on any atom is 0.433 e. The smallest absolute Gasteiger partial charge is 0.433 e. The number of rotatable bonds is 3. The van der Waals surface area contributed by atoms with E-state index in [1.807, 2.05) is 0 Å². The molecule has 1 aliphatic rings. The summed E-state index contributed by atoms with van der Waals surface area (Å²) >= 11 is 0. The van der Waals surface area contributed by atoms with Gasteiger partial charge in [-0.1, -0.05) is 0 Å². The van der Waals surface area contributed by atoms with Crippen LogP contribution in [0.5, 0.6) is 5.75 Å². The maximum atomic E-state index is 13.3. The molecule has 1 N–H and O–H groups in total. The lowest BCUT2D eigenvalue weighted by Crippen LogP contribution is -2.35. The Hall–Kier alpha value is -3.69. The van der Waals surface area contributed by atoms with Crippen LogP contribution in [0, 0.1) is 0 Å². The van der Waals surface area contributed by atoms with E-state index in [4.69, 9.17) is 4.74 Å². The Labute approximate surface area is 163 Å². The largest absolute Gasteiger partial charge is 0.482 e. The van der Waals surface area contributed by atoms with Gasteiger partial charge >= 0.3 is 6.18 Å². The molecule has 1 aromatic carbocycles. The molecule has 0 atom stereocenters. The van der Waals surface area contributed by atoms with Crippen LogP contribution in [0.1, 0.15) is 5.69 Å². The SMILES string of the molecule is CN1C(=O)COc2ccc(Nc3cc(C(F)(F)F)nc(-c4cccnc4)n3)cc21. The number of fused-ring (bicyclic) bond motifs is 1. The van der Waals surface area contributed by atoms with Gasteiger partial charge in [0.05, 0.1) is 5.69 Å². The Kier molecular flexibility index (Phi) is 4.53. The molecule has 0 fully saturated rings. The molecule has 4 rings (SSSR count). The number of nitrogens with one attached hydrogen (secondary N) is 1. The van der Waals surface area contributed by atoms with Crippen LogP contribution in [0.25, 0.3) is 11.4 Å². The van der Waals surface area contributed by atoms with Gasteiger partial charge in [0.15, 0.2) is 18.1 Å². The lowest BCUT2D eigenvalue weighted by molar-refractivity contribution is -0.141. The van der Waals surface area contributed by atoms with Gasteiger partial charge in [-0.05, 0) is 30.3 Å². The number of nitrogens with zero attached hydrogens (tertiary/aromatic N) is 4. The van der Waals surface area contributed by atoms with Crippen LogP contribution in [-0.4, -0.2) is 34.5 Å². The van der Waals surface area contributed by atoms with Crippen LogP contribution in [-0.2, 0) is 11.0 Å². The number of pyridine rings is 1. The molecular formula is C19H14F3N5O2. The number of carbonyl (C=O) groups excluding carboxylic acids is 1. The third kappa shape index (κ3) is 3.82. The molecule has 7 nitrogen and oxygen atoms in total. The Morgan fingerprint density at radius 2 is 2.00 bits per heavy atom. The number of amides is 1. The highest BCUT2D eigenvalue weighted by Crippen LogP contribution is 2.35. The van der Waals surface area contributed by atoms with Crippen molar-refractivity contribution in [2.75, 3.05) is 23.9 Å². The molecule has 0 aliphatic carbocycles. The second-order valence-corrected chi connectivity index (χ2v) is 6.25. The molecule has 29 heavy (non-hydrogen) atoms. The molecule has 0 saturated heterocycles. The number of hydrogen-bond acceptors (Lipinski definition) is 6. The zero-order chi connectivity index (χ0) is 20.6. The van der Waals surface area contributed by atoms with Gasteiger partial charge in [0.1, 0.15) is 11.6 Å². The number of carbonyl (C=O) groups is 1. The summed E-state index contributed by atoms with van der Waals surface area (Å²) < 4.78 is 45.3.